The molecule has 0 spiro atoms. The van der Waals surface area contributed by atoms with Gasteiger partial charge >= 0.3 is 0 Å². The van der Waals surface area contributed by atoms with Gasteiger partial charge in [0.05, 0.1) is 5.75 Å². The van der Waals surface area contributed by atoms with Crippen molar-refractivity contribution in [3.63, 3.8) is 0 Å². The first kappa shape index (κ1) is 11.3. The smallest absolute Gasteiger partial charge is 0.251 e. The quantitative estimate of drug-likeness (QED) is 0.748. The van der Waals surface area contributed by atoms with Crippen LogP contribution in [-0.4, -0.2) is 22.3 Å². The summed E-state index contributed by atoms with van der Waals surface area (Å²) in [7, 11) is 0. The van der Waals surface area contributed by atoms with Crippen LogP contribution in [0, 0.1) is 0 Å². The lowest BCUT2D eigenvalue weighted by Crippen LogP contribution is -2.14. The van der Waals surface area contributed by atoms with Crippen molar-refractivity contribution in [2.45, 2.75) is 19.1 Å². The van der Waals surface area contributed by atoms with E-state index in [2.05, 4.69) is 16.9 Å². The number of nitrogens with two attached hydrogens (primary N) is 1. The van der Waals surface area contributed by atoms with Gasteiger partial charge in [0.1, 0.15) is 5.82 Å². The molecule has 0 aliphatic rings. The van der Waals surface area contributed by atoms with Crippen LogP contribution in [0.3, 0.4) is 0 Å². The van der Waals surface area contributed by atoms with Crippen LogP contribution >= 0.6 is 11.8 Å². The molecule has 0 unspecified atom stereocenters. The molecule has 1 heterocycles. The molecule has 1 aromatic rings. The lowest BCUT2D eigenvalue weighted by Gasteiger charge is -2.02. The fraction of sp³-hybridized carbons (Fsp3) is 0.556. The molecule has 0 saturated carbocycles. The first-order valence-corrected chi connectivity index (χ1v) is 5.78. The number of thioether (sulfide) groups is 1. The maximum absolute atomic E-state index is 11.2. The van der Waals surface area contributed by atoms with Gasteiger partial charge < -0.3 is 10.7 Å². The van der Waals surface area contributed by atoms with Crippen LogP contribution in [0.1, 0.15) is 18.4 Å². The lowest BCUT2D eigenvalue weighted by atomic mass is 10.3. The molecule has 0 atom stereocenters. The standard InChI is InChI=1S/C9H15N3OS/c1-2-14-6-8-11-7(3-4-10)5-9(13)12-8/h5H,2-4,6,10H2,1H3,(H,11,12,13). The van der Waals surface area contributed by atoms with E-state index in [-0.39, 0.29) is 5.56 Å². The van der Waals surface area contributed by atoms with Gasteiger partial charge in [-0.3, -0.25) is 4.79 Å². The van der Waals surface area contributed by atoms with Crippen molar-refractivity contribution in [1.29, 1.82) is 0 Å². The summed E-state index contributed by atoms with van der Waals surface area (Å²) in [6.07, 6.45) is 0.660. The predicted molar refractivity (Wildman–Crippen MR) is 59.5 cm³/mol. The molecule has 0 aliphatic heterocycles. The Kier molecular flexibility index (Phi) is 4.69. The topological polar surface area (TPSA) is 71.8 Å². The molecule has 78 valence electrons. The van der Waals surface area contributed by atoms with Gasteiger partial charge in [0.15, 0.2) is 0 Å². The summed E-state index contributed by atoms with van der Waals surface area (Å²) in [5, 5.41) is 0. The van der Waals surface area contributed by atoms with E-state index in [1.54, 1.807) is 11.8 Å². The minimum atomic E-state index is -0.0878. The van der Waals surface area contributed by atoms with Crippen molar-refractivity contribution in [3.05, 3.63) is 27.9 Å². The second-order valence-electron chi connectivity index (χ2n) is 2.86. The van der Waals surface area contributed by atoms with Gasteiger partial charge in [0.2, 0.25) is 0 Å². The zero-order chi connectivity index (χ0) is 10.4. The van der Waals surface area contributed by atoms with Crippen LogP contribution in [0.15, 0.2) is 10.9 Å². The molecule has 0 fully saturated rings. The van der Waals surface area contributed by atoms with Crippen molar-refractivity contribution >= 4 is 11.8 Å². The molecule has 1 aromatic heterocycles. The Balaban J connectivity index is 2.78. The highest BCUT2D eigenvalue weighted by molar-refractivity contribution is 7.98. The van der Waals surface area contributed by atoms with Gasteiger partial charge in [-0.05, 0) is 12.3 Å². The van der Waals surface area contributed by atoms with Crippen LogP contribution in [0.2, 0.25) is 0 Å². The molecule has 5 heteroatoms. The minimum Gasteiger partial charge on any atom is -0.330 e. The molecule has 0 bridgehead atoms. The summed E-state index contributed by atoms with van der Waals surface area (Å²) in [4.78, 5) is 18.2. The summed E-state index contributed by atoms with van der Waals surface area (Å²) in [6, 6.07) is 1.51. The van der Waals surface area contributed by atoms with Crippen molar-refractivity contribution in [2.24, 2.45) is 5.73 Å². The van der Waals surface area contributed by atoms with Crippen LogP contribution in [0.4, 0.5) is 0 Å². The van der Waals surface area contributed by atoms with E-state index >= 15 is 0 Å². The highest BCUT2D eigenvalue weighted by Gasteiger charge is 2.00. The Morgan fingerprint density at radius 2 is 2.43 bits per heavy atom. The Labute approximate surface area is 87.3 Å². The number of rotatable bonds is 5. The van der Waals surface area contributed by atoms with E-state index in [1.165, 1.54) is 6.07 Å². The molecule has 0 amide bonds. The van der Waals surface area contributed by atoms with Crippen molar-refractivity contribution in [3.8, 4) is 0 Å². The Hall–Kier alpha value is -0.810. The second-order valence-corrected chi connectivity index (χ2v) is 4.13. The highest BCUT2D eigenvalue weighted by Crippen LogP contribution is 2.06. The first-order valence-electron chi connectivity index (χ1n) is 4.63. The van der Waals surface area contributed by atoms with Crippen molar-refractivity contribution in [1.82, 2.24) is 9.97 Å². The molecule has 14 heavy (non-hydrogen) atoms. The molecule has 0 aliphatic carbocycles. The van der Waals surface area contributed by atoms with E-state index in [0.717, 1.165) is 23.0 Å². The number of H-pyrrole nitrogens is 1. The number of aromatic amines is 1. The Morgan fingerprint density at radius 3 is 3.07 bits per heavy atom. The number of hydrogen-bond acceptors (Lipinski definition) is 4. The monoisotopic (exact) mass is 213 g/mol. The van der Waals surface area contributed by atoms with E-state index in [1.807, 2.05) is 0 Å². The van der Waals surface area contributed by atoms with E-state index in [4.69, 9.17) is 5.73 Å². The van der Waals surface area contributed by atoms with Gasteiger partial charge in [0.25, 0.3) is 5.56 Å². The first-order chi connectivity index (χ1) is 6.76. The molecule has 1 rings (SSSR count). The maximum Gasteiger partial charge on any atom is 0.251 e. The number of hydrogen-bond donors (Lipinski definition) is 2. The van der Waals surface area contributed by atoms with Gasteiger partial charge in [-0.1, -0.05) is 6.92 Å². The highest BCUT2D eigenvalue weighted by atomic mass is 32.2. The van der Waals surface area contributed by atoms with Crippen LogP contribution in [0.25, 0.3) is 0 Å². The summed E-state index contributed by atoms with van der Waals surface area (Å²) in [5.74, 6) is 2.52. The average Bonchev–Trinajstić information content (AvgIpc) is 2.14. The number of aromatic nitrogens is 2. The summed E-state index contributed by atoms with van der Waals surface area (Å²) >= 11 is 1.73. The summed E-state index contributed by atoms with van der Waals surface area (Å²) in [6.45, 7) is 2.60. The average molecular weight is 213 g/mol. The van der Waals surface area contributed by atoms with Crippen molar-refractivity contribution < 1.29 is 0 Å². The fourth-order valence-corrected chi connectivity index (χ4v) is 1.64. The number of nitrogens with zero attached hydrogens (tertiary/aromatic N) is 1. The van der Waals surface area contributed by atoms with Crippen LogP contribution < -0.4 is 11.3 Å². The van der Waals surface area contributed by atoms with Gasteiger partial charge in [0, 0.05) is 18.2 Å². The summed E-state index contributed by atoms with van der Waals surface area (Å²) < 4.78 is 0. The SMILES string of the molecule is CCSCc1nc(CCN)cc(=O)[nH]1. The molecular formula is C9H15N3OS. The Bertz CT molecular complexity index is 337. The third-order valence-corrected chi connectivity index (χ3v) is 2.57. The third kappa shape index (κ3) is 3.51. The second kappa shape index (κ2) is 5.82. The van der Waals surface area contributed by atoms with Crippen molar-refractivity contribution in [2.75, 3.05) is 12.3 Å². The molecule has 4 nitrogen and oxygen atoms in total. The van der Waals surface area contributed by atoms with Crippen LogP contribution in [0.5, 0.6) is 0 Å². The van der Waals surface area contributed by atoms with Crippen LogP contribution in [-0.2, 0) is 12.2 Å². The minimum absolute atomic E-state index is 0.0878. The zero-order valence-electron chi connectivity index (χ0n) is 8.25. The van der Waals surface area contributed by atoms with E-state index < -0.39 is 0 Å². The molecule has 0 saturated heterocycles. The van der Waals surface area contributed by atoms with E-state index in [0.29, 0.717) is 13.0 Å². The largest absolute Gasteiger partial charge is 0.330 e. The maximum atomic E-state index is 11.2. The predicted octanol–water partition coefficient (Wildman–Crippen LogP) is 0.524. The fourth-order valence-electron chi connectivity index (χ4n) is 1.11. The van der Waals surface area contributed by atoms with E-state index in [9.17, 15) is 4.79 Å². The van der Waals surface area contributed by atoms with Gasteiger partial charge in [-0.15, -0.1) is 0 Å². The Morgan fingerprint density at radius 1 is 1.64 bits per heavy atom. The lowest BCUT2D eigenvalue weighted by molar-refractivity contribution is 0.872. The molecule has 0 aromatic carbocycles. The molecule has 3 N–H and O–H groups in total. The van der Waals surface area contributed by atoms with Gasteiger partial charge in [-0.2, -0.15) is 11.8 Å². The normalized spacial score (nSPS) is 10.4. The van der Waals surface area contributed by atoms with Gasteiger partial charge in [-0.25, -0.2) is 4.98 Å². The molecule has 0 radical (unpaired) electrons. The summed E-state index contributed by atoms with van der Waals surface area (Å²) in [5.41, 5.74) is 6.10. The number of nitrogens with one attached hydrogen (secondary N) is 1. The zero-order valence-corrected chi connectivity index (χ0v) is 9.06. The third-order valence-electron chi connectivity index (χ3n) is 1.69. The molecular weight excluding hydrogens is 198 g/mol.